The fourth-order valence-electron chi connectivity index (χ4n) is 1.32. The molecule has 5 nitrogen and oxygen atoms in total. The second kappa shape index (κ2) is 6.95. The first kappa shape index (κ1) is 17.5. The second-order valence-corrected chi connectivity index (χ2v) is 4.83. The zero-order valence-corrected chi connectivity index (χ0v) is 12.2. The van der Waals surface area contributed by atoms with Crippen LogP contribution in [-0.4, -0.2) is 48.0 Å². The minimum absolute atomic E-state index is 0.00258. The number of likely N-dealkylation sites (N-methyl/N-ethyl adjacent to an activating group) is 1. The molecule has 10 heteroatoms. The molecule has 0 aliphatic rings. The van der Waals surface area contributed by atoms with Gasteiger partial charge < -0.3 is 10.2 Å². The van der Waals surface area contributed by atoms with Crippen LogP contribution >= 0.6 is 23.2 Å². The molecule has 0 saturated carbocycles. The number of alkyl halides is 3. The topological polar surface area (TPSA) is 62.3 Å². The molecule has 0 spiro atoms. The van der Waals surface area contributed by atoms with Crippen LogP contribution in [0.15, 0.2) is 12.3 Å². The minimum atomic E-state index is -4.51. The molecular weight excluding hydrogens is 334 g/mol. The Morgan fingerprint density at radius 2 is 2.00 bits per heavy atom. The van der Waals surface area contributed by atoms with Crippen LogP contribution < -0.4 is 5.32 Å². The van der Waals surface area contributed by atoms with E-state index in [4.69, 9.17) is 23.2 Å². The summed E-state index contributed by atoms with van der Waals surface area (Å²) in [4.78, 5) is 27.9. The lowest BCUT2D eigenvalue weighted by atomic mass is 10.2. The number of nitrogens with zero attached hydrogens (tertiary/aromatic N) is 2. The molecule has 0 aliphatic carbocycles. The van der Waals surface area contributed by atoms with E-state index < -0.39 is 31.1 Å². The van der Waals surface area contributed by atoms with Gasteiger partial charge in [-0.1, -0.05) is 23.2 Å². The van der Waals surface area contributed by atoms with Gasteiger partial charge in [0.05, 0.1) is 17.1 Å². The Morgan fingerprint density at radius 3 is 2.57 bits per heavy atom. The molecule has 0 unspecified atom stereocenters. The molecule has 0 aliphatic heterocycles. The summed E-state index contributed by atoms with van der Waals surface area (Å²) >= 11 is 11.4. The molecule has 1 rings (SSSR count). The van der Waals surface area contributed by atoms with Gasteiger partial charge in [-0.2, -0.15) is 13.2 Å². The maximum Gasteiger partial charge on any atom is 0.405 e. The van der Waals surface area contributed by atoms with Crippen LogP contribution in [0.25, 0.3) is 0 Å². The second-order valence-electron chi connectivity index (χ2n) is 4.04. The summed E-state index contributed by atoms with van der Waals surface area (Å²) in [5.74, 6) is -1.61. The van der Waals surface area contributed by atoms with Crippen molar-refractivity contribution in [3.05, 3.63) is 28.0 Å². The maximum atomic E-state index is 12.0. The van der Waals surface area contributed by atoms with Crippen LogP contribution in [0.5, 0.6) is 0 Å². The van der Waals surface area contributed by atoms with Gasteiger partial charge >= 0.3 is 6.18 Å². The fourth-order valence-corrected chi connectivity index (χ4v) is 1.67. The van der Waals surface area contributed by atoms with Crippen LogP contribution in [0.1, 0.15) is 10.4 Å². The van der Waals surface area contributed by atoms with E-state index in [0.717, 1.165) is 11.1 Å². The number of pyridine rings is 1. The highest BCUT2D eigenvalue weighted by molar-refractivity contribution is 6.35. The van der Waals surface area contributed by atoms with Gasteiger partial charge in [-0.25, -0.2) is 4.98 Å². The summed E-state index contributed by atoms with van der Waals surface area (Å²) in [5, 5.41) is 1.70. The standard InChI is InChI=1S/C11H10Cl2F3N3O2/c1-19(4-9(20)18-5-11(14,15)16)10(21)6-2-8(13)17-3-7(6)12/h2-3H,4-5H2,1H3,(H,18,20). The van der Waals surface area contributed by atoms with Crippen molar-refractivity contribution in [2.45, 2.75) is 6.18 Å². The Bertz CT molecular complexity index is 552. The highest BCUT2D eigenvalue weighted by Crippen LogP contribution is 2.19. The first-order valence-corrected chi connectivity index (χ1v) is 6.25. The fraction of sp³-hybridized carbons (Fsp3) is 0.364. The maximum absolute atomic E-state index is 12.0. The minimum Gasteiger partial charge on any atom is -0.345 e. The van der Waals surface area contributed by atoms with Crippen molar-refractivity contribution in [3.63, 3.8) is 0 Å². The van der Waals surface area contributed by atoms with E-state index in [1.165, 1.54) is 13.1 Å². The number of carbonyl (C=O) groups is 2. The summed E-state index contributed by atoms with van der Waals surface area (Å²) in [5.41, 5.74) is 0.00258. The molecule has 1 aromatic rings. The smallest absolute Gasteiger partial charge is 0.345 e. The van der Waals surface area contributed by atoms with Crippen molar-refractivity contribution in [3.8, 4) is 0 Å². The van der Waals surface area contributed by atoms with Crippen molar-refractivity contribution in [1.82, 2.24) is 15.2 Å². The number of nitrogens with one attached hydrogen (secondary N) is 1. The number of carbonyl (C=O) groups excluding carboxylic acids is 2. The lowest BCUT2D eigenvalue weighted by molar-refractivity contribution is -0.138. The van der Waals surface area contributed by atoms with E-state index >= 15 is 0 Å². The average Bonchev–Trinajstić information content (AvgIpc) is 2.37. The van der Waals surface area contributed by atoms with Gasteiger partial charge in [-0.05, 0) is 6.07 Å². The zero-order chi connectivity index (χ0) is 16.2. The quantitative estimate of drug-likeness (QED) is 0.852. The zero-order valence-electron chi connectivity index (χ0n) is 10.7. The Morgan fingerprint density at radius 1 is 1.38 bits per heavy atom. The van der Waals surface area contributed by atoms with Crippen LogP contribution in [0.4, 0.5) is 13.2 Å². The molecule has 1 N–H and O–H groups in total. The molecule has 21 heavy (non-hydrogen) atoms. The molecular formula is C11H10Cl2F3N3O2. The van der Waals surface area contributed by atoms with Gasteiger partial charge in [0.25, 0.3) is 5.91 Å². The lowest BCUT2D eigenvalue weighted by Crippen LogP contribution is -2.41. The van der Waals surface area contributed by atoms with Gasteiger partial charge in [-0.15, -0.1) is 0 Å². The summed E-state index contributed by atoms with van der Waals surface area (Å²) in [6, 6.07) is 1.20. The molecule has 1 heterocycles. The average molecular weight is 344 g/mol. The Labute approximate surface area is 128 Å². The van der Waals surface area contributed by atoms with E-state index in [-0.39, 0.29) is 15.7 Å². The van der Waals surface area contributed by atoms with Gasteiger partial charge in [-0.3, -0.25) is 9.59 Å². The highest BCUT2D eigenvalue weighted by Gasteiger charge is 2.28. The molecule has 2 amide bonds. The van der Waals surface area contributed by atoms with Crippen molar-refractivity contribution in [2.24, 2.45) is 0 Å². The van der Waals surface area contributed by atoms with Gasteiger partial charge in [0.2, 0.25) is 5.91 Å². The van der Waals surface area contributed by atoms with Crippen molar-refractivity contribution in [2.75, 3.05) is 20.1 Å². The predicted molar refractivity (Wildman–Crippen MR) is 70.3 cm³/mol. The summed E-state index contributed by atoms with van der Waals surface area (Å²) in [6.07, 6.45) is -3.35. The van der Waals surface area contributed by atoms with Crippen molar-refractivity contribution < 1.29 is 22.8 Å². The van der Waals surface area contributed by atoms with E-state index in [0.29, 0.717) is 0 Å². The lowest BCUT2D eigenvalue weighted by Gasteiger charge is -2.18. The SMILES string of the molecule is CN(CC(=O)NCC(F)(F)F)C(=O)c1cc(Cl)ncc1Cl. The molecule has 1 aromatic heterocycles. The van der Waals surface area contributed by atoms with Gasteiger partial charge in [0.15, 0.2) is 0 Å². The monoisotopic (exact) mass is 343 g/mol. The molecule has 0 radical (unpaired) electrons. The Kier molecular flexibility index (Phi) is 5.79. The predicted octanol–water partition coefficient (Wildman–Crippen LogP) is 2.14. The summed E-state index contributed by atoms with van der Waals surface area (Å²) in [7, 11) is 1.25. The number of aromatic nitrogens is 1. The number of rotatable bonds is 4. The van der Waals surface area contributed by atoms with E-state index in [1.54, 1.807) is 5.32 Å². The molecule has 0 aromatic carbocycles. The Hall–Kier alpha value is -1.54. The first-order valence-electron chi connectivity index (χ1n) is 5.50. The number of halogens is 5. The number of hydrogen-bond donors (Lipinski definition) is 1. The molecule has 0 atom stereocenters. The van der Waals surface area contributed by atoms with Crippen LogP contribution in [0.2, 0.25) is 10.2 Å². The van der Waals surface area contributed by atoms with Gasteiger partial charge in [0.1, 0.15) is 11.7 Å². The van der Waals surface area contributed by atoms with Crippen LogP contribution in [-0.2, 0) is 4.79 Å². The van der Waals surface area contributed by atoms with Crippen LogP contribution in [0, 0.1) is 0 Å². The summed E-state index contributed by atoms with van der Waals surface area (Å²) in [6.45, 7) is -2.01. The molecule has 0 fully saturated rings. The Balaban J connectivity index is 2.66. The normalized spacial score (nSPS) is 11.1. The van der Waals surface area contributed by atoms with E-state index in [2.05, 4.69) is 4.98 Å². The molecule has 0 saturated heterocycles. The van der Waals surface area contributed by atoms with E-state index in [1.807, 2.05) is 0 Å². The third kappa shape index (κ3) is 5.76. The van der Waals surface area contributed by atoms with E-state index in [9.17, 15) is 22.8 Å². The number of amides is 2. The summed E-state index contributed by atoms with van der Waals surface area (Å²) < 4.78 is 35.8. The first-order chi connectivity index (χ1) is 9.60. The third-order valence-corrected chi connectivity index (χ3v) is 2.77. The number of hydrogen-bond acceptors (Lipinski definition) is 3. The third-order valence-electron chi connectivity index (χ3n) is 2.27. The molecule has 0 bridgehead atoms. The van der Waals surface area contributed by atoms with Crippen molar-refractivity contribution >= 4 is 35.0 Å². The molecule has 116 valence electrons. The van der Waals surface area contributed by atoms with Crippen LogP contribution in [0.3, 0.4) is 0 Å². The highest BCUT2D eigenvalue weighted by atomic mass is 35.5. The largest absolute Gasteiger partial charge is 0.405 e. The van der Waals surface area contributed by atoms with Gasteiger partial charge in [0, 0.05) is 13.2 Å². The van der Waals surface area contributed by atoms with Crippen molar-refractivity contribution in [1.29, 1.82) is 0 Å².